The summed E-state index contributed by atoms with van der Waals surface area (Å²) in [6.45, 7) is 10.5. The van der Waals surface area contributed by atoms with E-state index in [1.807, 2.05) is 26.0 Å². The van der Waals surface area contributed by atoms with Crippen LogP contribution in [0.5, 0.6) is 0 Å². The van der Waals surface area contributed by atoms with Crippen molar-refractivity contribution < 1.29 is 26.3 Å². The van der Waals surface area contributed by atoms with Crippen molar-refractivity contribution in [3.05, 3.63) is 81.1 Å². The van der Waals surface area contributed by atoms with Crippen molar-refractivity contribution in [3.8, 4) is 0 Å². The Bertz CT molecular complexity index is 1980. The first-order valence-corrected chi connectivity index (χ1v) is 21.6. The highest BCUT2D eigenvalue weighted by Gasteiger charge is 2.29. The van der Waals surface area contributed by atoms with Gasteiger partial charge in [0.2, 0.25) is 11.9 Å². The maximum Gasteiger partial charge on any atom is 0.222 e. The van der Waals surface area contributed by atoms with Gasteiger partial charge in [-0.05, 0) is 62.1 Å². The van der Waals surface area contributed by atoms with E-state index in [2.05, 4.69) is 29.7 Å². The van der Waals surface area contributed by atoms with Crippen LogP contribution in [0.2, 0.25) is 10.0 Å². The van der Waals surface area contributed by atoms with Crippen molar-refractivity contribution in [2.45, 2.75) is 62.4 Å². The van der Waals surface area contributed by atoms with Crippen molar-refractivity contribution in [2.75, 3.05) is 72.3 Å². The zero-order valence-corrected chi connectivity index (χ0v) is 33.8. The molecule has 14 nitrogen and oxygen atoms in total. The molecule has 0 radical (unpaired) electrons. The van der Waals surface area contributed by atoms with Gasteiger partial charge < -0.3 is 30.7 Å². The Balaban J connectivity index is 0.000000208. The predicted octanol–water partition coefficient (Wildman–Crippen LogP) is 5.56. The molecule has 2 atom stereocenters. The van der Waals surface area contributed by atoms with Gasteiger partial charge >= 0.3 is 0 Å². The highest BCUT2D eigenvalue weighted by Crippen LogP contribution is 2.36. The number of nitrogens with zero attached hydrogens (tertiary/aromatic N) is 6. The SMILES string of the molecule is CCS(=O)(=O)c1ccc([C@@H]2COCCCN2c2cc(C)nc(N)n2)c(Cl)c1.CCS(=O)(=O)c1ccc([C@H]2COCCCN2c2cc(C)nc(N)n2)c(Cl)c1. The summed E-state index contributed by atoms with van der Waals surface area (Å²) < 4.78 is 60.0. The van der Waals surface area contributed by atoms with E-state index in [0.29, 0.717) is 61.2 Å². The molecule has 2 saturated heterocycles. The third-order valence-corrected chi connectivity index (χ3v) is 13.2. The van der Waals surface area contributed by atoms with E-state index in [9.17, 15) is 16.8 Å². The monoisotopic (exact) mass is 820 g/mol. The largest absolute Gasteiger partial charge is 0.379 e. The first-order chi connectivity index (χ1) is 25.6. The third-order valence-electron chi connectivity index (χ3n) is 9.12. The van der Waals surface area contributed by atoms with Crippen molar-refractivity contribution in [1.82, 2.24) is 19.9 Å². The van der Waals surface area contributed by atoms with Crippen LogP contribution in [0.4, 0.5) is 23.5 Å². The summed E-state index contributed by atoms with van der Waals surface area (Å²) in [6.07, 6.45) is 1.67. The Hall–Kier alpha value is -3.80. The summed E-state index contributed by atoms with van der Waals surface area (Å²) in [5.74, 6) is 1.89. The number of anilines is 4. The summed E-state index contributed by atoms with van der Waals surface area (Å²) in [6, 6.07) is 13.1. The molecule has 2 aliphatic heterocycles. The standard InChI is InChI=1S/2C18H23ClN4O3S/c2*1-3-27(24,25)13-5-6-14(15(19)10-13)16-11-26-8-4-7-23(16)17-9-12(2)21-18(20)22-17/h2*5-6,9-10,16H,3-4,7-8,11H2,1-2H3,(H2,20,21,22)/t2*16-/m10/s1. The molecule has 4 aromatic rings. The number of hydrogen-bond acceptors (Lipinski definition) is 14. The first kappa shape index (κ1) is 41.4. The Morgan fingerprint density at radius 2 is 1.06 bits per heavy atom. The molecule has 0 unspecified atom stereocenters. The molecule has 2 aromatic heterocycles. The van der Waals surface area contributed by atoms with Crippen molar-refractivity contribution >= 4 is 66.4 Å². The molecule has 54 heavy (non-hydrogen) atoms. The molecule has 4 heterocycles. The van der Waals surface area contributed by atoms with Crippen LogP contribution in [0.15, 0.2) is 58.3 Å². The van der Waals surface area contributed by atoms with Gasteiger partial charge in [-0.3, -0.25) is 0 Å². The van der Waals surface area contributed by atoms with Crippen LogP contribution in [0.3, 0.4) is 0 Å². The highest BCUT2D eigenvalue weighted by molar-refractivity contribution is 7.91. The fourth-order valence-electron chi connectivity index (χ4n) is 6.34. The zero-order valence-electron chi connectivity index (χ0n) is 30.7. The number of nitrogens with two attached hydrogens (primary N) is 2. The van der Waals surface area contributed by atoms with Crippen LogP contribution in [-0.2, 0) is 29.1 Å². The maximum atomic E-state index is 12.1. The Kier molecular flexibility index (Phi) is 13.6. The number of halogens is 2. The van der Waals surface area contributed by atoms with E-state index in [1.54, 1.807) is 38.1 Å². The molecule has 6 rings (SSSR count). The second kappa shape index (κ2) is 17.8. The topological polar surface area (TPSA) is 197 Å². The van der Waals surface area contributed by atoms with Crippen LogP contribution in [0.25, 0.3) is 0 Å². The second-order valence-electron chi connectivity index (χ2n) is 12.9. The van der Waals surface area contributed by atoms with Crippen LogP contribution >= 0.6 is 23.2 Å². The lowest BCUT2D eigenvalue weighted by atomic mass is 10.1. The number of aryl methyl sites for hydroxylation is 2. The van der Waals surface area contributed by atoms with Gasteiger partial charge in [0, 0.05) is 59.9 Å². The summed E-state index contributed by atoms with van der Waals surface area (Å²) in [5.41, 5.74) is 14.8. The van der Waals surface area contributed by atoms with Gasteiger partial charge in [-0.2, -0.15) is 9.97 Å². The van der Waals surface area contributed by atoms with E-state index in [4.69, 9.17) is 44.1 Å². The number of benzene rings is 2. The van der Waals surface area contributed by atoms with Crippen LogP contribution < -0.4 is 21.3 Å². The normalized spacial score (nSPS) is 18.3. The van der Waals surface area contributed by atoms with E-state index in [1.165, 1.54) is 12.1 Å². The number of sulfone groups is 2. The van der Waals surface area contributed by atoms with Crippen molar-refractivity contribution in [2.24, 2.45) is 0 Å². The van der Waals surface area contributed by atoms with E-state index < -0.39 is 19.7 Å². The van der Waals surface area contributed by atoms with E-state index in [-0.39, 0.29) is 45.3 Å². The molecule has 2 aromatic carbocycles. The van der Waals surface area contributed by atoms with Gasteiger partial charge in [-0.1, -0.05) is 49.2 Å². The number of nitrogen functional groups attached to an aromatic ring is 2. The first-order valence-electron chi connectivity index (χ1n) is 17.6. The number of aromatic nitrogens is 4. The Labute approximate surface area is 327 Å². The molecule has 0 bridgehead atoms. The second-order valence-corrected chi connectivity index (χ2v) is 18.3. The maximum absolute atomic E-state index is 12.1. The summed E-state index contributed by atoms with van der Waals surface area (Å²) in [4.78, 5) is 21.6. The molecule has 2 fully saturated rings. The van der Waals surface area contributed by atoms with E-state index in [0.717, 1.165) is 35.4 Å². The molecule has 0 amide bonds. The molecular formula is C36H46Cl2N8O6S2. The minimum atomic E-state index is -3.32. The van der Waals surface area contributed by atoms with E-state index >= 15 is 0 Å². The van der Waals surface area contributed by atoms with Gasteiger partial charge in [0.1, 0.15) is 11.6 Å². The minimum absolute atomic E-state index is 0.0286. The summed E-state index contributed by atoms with van der Waals surface area (Å²) >= 11 is 13.0. The lowest BCUT2D eigenvalue weighted by Gasteiger charge is -2.31. The smallest absolute Gasteiger partial charge is 0.222 e. The summed E-state index contributed by atoms with van der Waals surface area (Å²) in [5, 5.41) is 0.785. The van der Waals surface area contributed by atoms with Gasteiger partial charge in [0.05, 0.1) is 46.6 Å². The van der Waals surface area contributed by atoms with Crippen molar-refractivity contribution in [3.63, 3.8) is 0 Å². The van der Waals surface area contributed by atoms with Crippen molar-refractivity contribution in [1.29, 1.82) is 0 Å². The lowest BCUT2D eigenvalue weighted by molar-refractivity contribution is 0.134. The van der Waals surface area contributed by atoms with Gasteiger partial charge in [-0.25, -0.2) is 26.8 Å². The van der Waals surface area contributed by atoms with Gasteiger partial charge in [-0.15, -0.1) is 0 Å². The van der Waals surface area contributed by atoms with Crippen LogP contribution in [0, 0.1) is 13.8 Å². The minimum Gasteiger partial charge on any atom is -0.379 e. The fourth-order valence-corrected chi connectivity index (χ4v) is 8.89. The Morgan fingerprint density at radius 3 is 1.39 bits per heavy atom. The fraction of sp³-hybridized carbons (Fsp3) is 0.444. The third kappa shape index (κ3) is 9.89. The molecule has 18 heteroatoms. The van der Waals surface area contributed by atoms with Gasteiger partial charge in [0.15, 0.2) is 19.7 Å². The number of rotatable bonds is 8. The predicted molar refractivity (Wildman–Crippen MR) is 212 cm³/mol. The molecule has 0 spiro atoms. The molecule has 292 valence electrons. The zero-order chi connectivity index (χ0) is 39.2. The highest BCUT2D eigenvalue weighted by atomic mass is 35.5. The summed E-state index contributed by atoms with van der Waals surface area (Å²) in [7, 11) is -6.64. The lowest BCUT2D eigenvalue weighted by Crippen LogP contribution is -2.32. The van der Waals surface area contributed by atoms with Gasteiger partial charge in [0.25, 0.3) is 0 Å². The Morgan fingerprint density at radius 1 is 0.667 bits per heavy atom. The van der Waals surface area contributed by atoms with Crippen LogP contribution in [0.1, 0.15) is 61.3 Å². The molecule has 2 aliphatic rings. The quantitative estimate of drug-likeness (QED) is 0.224. The molecular weight excluding hydrogens is 775 g/mol. The average molecular weight is 822 g/mol. The number of hydrogen-bond donors (Lipinski definition) is 2. The number of ether oxygens (including phenoxy) is 2. The molecule has 0 saturated carbocycles. The molecule has 4 N–H and O–H groups in total. The average Bonchev–Trinajstić information content (AvgIpc) is 3.52. The molecule has 0 aliphatic carbocycles. The van der Waals surface area contributed by atoms with Crippen LogP contribution in [-0.4, -0.2) is 87.8 Å².